The molecule has 0 bridgehead atoms. The Morgan fingerprint density at radius 2 is 1.90 bits per heavy atom. The van der Waals surface area contributed by atoms with Gasteiger partial charge in [-0.3, -0.25) is 0 Å². The molecular weight excluding hydrogens is 263 g/mol. The summed E-state index contributed by atoms with van der Waals surface area (Å²) in [5.74, 6) is 0.848. The summed E-state index contributed by atoms with van der Waals surface area (Å²) in [5, 5.41) is 0. The van der Waals surface area contributed by atoms with Gasteiger partial charge >= 0.3 is 0 Å². The van der Waals surface area contributed by atoms with E-state index in [0.717, 1.165) is 30.6 Å². The Labute approximate surface area is 129 Å². The highest BCUT2D eigenvalue weighted by Gasteiger charge is 2.07. The van der Waals surface area contributed by atoms with Crippen LogP contribution in [-0.4, -0.2) is 12.8 Å². The van der Waals surface area contributed by atoms with E-state index in [1.807, 2.05) is 24.3 Å². The highest BCUT2D eigenvalue weighted by molar-refractivity contribution is 5.56. The van der Waals surface area contributed by atoms with Crippen molar-refractivity contribution < 1.29 is 9.13 Å². The average molecular weight is 292 g/mol. The fourth-order valence-electron chi connectivity index (χ4n) is 2.23. The van der Waals surface area contributed by atoms with Gasteiger partial charge in [-0.05, 0) is 18.9 Å². The maximum absolute atomic E-state index is 13.7. The second-order valence-electron chi connectivity index (χ2n) is 5.43. The Balaban J connectivity index is 2.30. The van der Waals surface area contributed by atoms with E-state index in [2.05, 4.69) is 26.0 Å². The van der Waals surface area contributed by atoms with Crippen molar-refractivity contribution in [1.82, 2.24) is 0 Å². The first-order chi connectivity index (χ1) is 10.3. The van der Waals surface area contributed by atoms with Crippen LogP contribution < -0.4 is 4.74 Å². The highest BCUT2D eigenvalue weighted by Crippen LogP contribution is 2.20. The number of unbranched alkanes of at least 4 members (excludes halogenated alkanes) is 3. The van der Waals surface area contributed by atoms with Crippen molar-refractivity contribution in [1.29, 1.82) is 0 Å². The Bertz CT molecular complexity index is 400. The Kier molecular flexibility index (Phi) is 9.60. The third-order valence-electron chi connectivity index (χ3n) is 3.51. The van der Waals surface area contributed by atoms with Gasteiger partial charge in [0.2, 0.25) is 0 Å². The van der Waals surface area contributed by atoms with Crippen molar-refractivity contribution in [3.05, 3.63) is 35.9 Å². The third-order valence-corrected chi connectivity index (χ3v) is 3.51. The molecule has 0 amide bonds. The number of para-hydroxylation sites is 1. The molecule has 0 fully saturated rings. The molecule has 1 atom stereocenters. The van der Waals surface area contributed by atoms with Crippen LogP contribution in [0.5, 0.6) is 5.75 Å². The lowest BCUT2D eigenvalue weighted by atomic mass is 10.1. The molecule has 1 unspecified atom stereocenters. The van der Waals surface area contributed by atoms with E-state index in [1.54, 1.807) is 0 Å². The number of allylic oxidation sites excluding steroid dienone is 1. The molecule has 0 aliphatic rings. The maximum Gasteiger partial charge on any atom is 0.126 e. The number of ether oxygens (including phenoxy) is 1. The topological polar surface area (TPSA) is 9.23 Å². The van der Waals surface area contributed by atoms with Crippen LogP contribution in [0.4, 0.5) is 4.39 Å². The standard InChI is InChI=1S/C19H29FO/c1-3-5-7-8-13-18(20)15-16-21-19-14-10-9-12-17(19)11-6-4-2/h6,9-12,14,18H,3-5,7-8,13,15-16H2,1-2H3. The largest absolute Gasteiger partial charge is 0.493 e. The first kappa shape index (κ1) is 17.7. The Morgan fingerprint density at radius 1 is 1.10 bits per heavy atom. The van der Waals surface area contributed by atoms with Gasteiger partial charge in [0.15, 0.2) is 0 Å². The lowest BCUT2D eigenvalue weighted by molar-refractivity contribution is 0.222. The number of hydrogen-bond acceptors (Lipinski definition) is 1. The maximum atomic E-state index is 13.7. The molecule has 0 N–H and O–H groups in total. The predicted molar refractivity (Wildman–Crippen MR) is 89.5 cm³/mol. The summed E-state index contributed by atoms with van der Waals surface area (Å²) in [6.07, 6.45) is 10.1. The van der Waals surface area contributed by atoms with Gasteiger partial charge in [0, 0.05) is 12.0 Å². The zero-order chi connectivity index (χ0) is 15.3. The van der Waals surface area contributed by atoms with Crippen molar-refractivity contribution >= 4 is 6.08 Å². The molecule has 2 heteroatoms. The van der Waals surface area contributed by atoms with Gasteiger partial charge in [0.25, 0.3) is 0 Å². The molecule has 0 aliphatic carbocycles. The molecule has 0 aliphatic heterocycles. The van der Waals surface area contributed by atoms with E-state index in [9.17, 15) is 4.39 Å². The summed E-state index contributed by atoms with van der Waals surface area (Å²) in [5.41, 5.74) is 1.07. The zero-order valence-corrected chi connectivity index (χ0v) is 13.5. The van der Waals surface area contributed by atoms with Crippen LogP contribution in [0.25, 0.3) is 6.08 Å². The van der Waals surface area contributed by atoms with E-state index in [4.69, 9.17) is 4.74 Å². The van der Waals surface area contributed by atoms with E-state index in [1.165, 1.54) is 12.8 Å². The molecule has 0 spiro atoms. The fraction of sp³-hybridized carbons (Fsp3) is 0.579. The normalized spacial score (nSPS) is 12.7. The minimum absolute atomic E-state index is 0.450. The monoisotopic (exact) mass is 292 g/mol. The smallest absolute Gasteiger partial charge is 0.126 e. The summed E-state index contributed by atoms with van der Waals surface area (Å²) in [4.78, 5) is 0. The molecule has 118 valence electrons. The van der Waals surface area contributed by atoms with Gasteiger partial charge in [0.05, 0.1) is 6.61 Å². The molecule has 1 aromatic rings. The van der Waals surface area contributed by atoms with E-state index < -0.39 is 6.17 Å². The van der Waals surface area contributed by atoms with Gasteiger partial charge in [-0.2, -0.15) is 0 Å². The molecule has 0 saturated carbocycles. The predicted octanol–water partition coefficient (Wildman–Crippen LogP) is 6.19. The molecular formula is C19H29FO. The SMILES string of the molecule is CCC=Cc1ccccc1OCCC(F)CCCCCC. The minimum atomic E-state index is -0.736. The van der Waals surface area contributed by atoms with Gasteiger partial charge in [-0.15, -0.1) is 0 Å². The summed E-state index contributed by atoms with van der Waals surface area (Å²) in [6, 6.07) is 7.92. The van der Waals surface area contributed by atoms with E-state index in [-0.39, 0.29) is 0 Å². The van der Waals surface area contributed by atoms with E-state index >= 15 is 0 Å². The first-order valence-electron chi connectivity index (χ1n) is 8.30. The molecule has 1 rings (SSSR count). The van der Waals surface area contributed by atoms with Crippen molar-refractivity contribution in [2.45, 2.75) is 65.0 Å². The quantitative estimate of drug-likeness (QED) is 0.442. The van der Waals surface area contributed by atoms with Gasteiger partial charge < -0.3 is 4.74 Å². The van der Waals surface area contributed by atoms with Gasteiger partial charge in [-0.25, -0.2) is 4.39 Å². The summed E-state index contributed by atoms with van der Waals surface area (Å²) >= 11 is 0. The Hall–Kier alpha value is -1.31. The Morgan fingerprint density at radius 3 is 2.67 bits per heavy atom. The van der Waals surface area contributed by atoms with Crippen LogP contribution in [0.15, 0.2) is 30.3 Å². The molecule has 0 radical (unpaired) electrons. The van der Waals surface area contributed by atoms with Crippen LogP contribution in [0.1, 0.15) is 64.4 Å². The van der Waals surface area contributed by atoms with Gasteiger partial charge in [-0.1, -0.05) is 69.9 Å². The zero-order valence-electron chi connectivity index (χ0n) is 13.5. The van der Waals surface area contributed by atoms with Crippen molar-refractivity contribution in [2.24, 2.45) is 0 Å². The molecule has 0 saturated heterocycles. The summed E-state index contributed by atoms with van der Waals surface area (Å²) in [7, 11) is 0. The third kappa shape index (κ3) is 7.89. The fourth-order valence-corrected chi connectivity index (χ4v) is 2.23. The number of alkyl halides is 1. The van der Waals surface area contributed by atoms with E-state index in [0.29, 0.717) is 19.4 Å². The molecule has 1 nitrogen and oxygen atoms in total. The van der Waals surface area contributed by atoms with Crippen molar-refractivity contribution in [3.8, 4) is 5.75 Å². The van der Waals surface area contributed by atoms with Crippen LogP contribution in [0.3, 0.4) is 0 Å². The lowest BCUT2D eigenvalue weighted by Crippen LogP contribution is -2.08. The molecule has 0 heterocycles. The second kappa shape index (κ2) is 11.4. The summed E-state index contributed by atoms with van der Waals surface area (Å²) < 4.78 is 19.5. The van der Waals surface area contributed by atoms with Crippen LogP contribution >= 0.6 is 0 Å². The number of benzene rings is 1. The number of halogens is 1. The van der Waals surface area contributed by atoms with Crippen molar-refractivity contribution in [2.75, 3.05) is 6.61 Å². The molecule has 21 heavy (non-hydrogen) atoms. The van der Waals surface area contributed by atoms with Gasteiger partial charge in [0.1, 0.15) is 11.9 Å². The average Bonchev–Trinajstić information content (AvgIpc) is 2.50. The van der Waals surface area contributed by atoms with Crippen LogP contribution in [0, 0.1) is 0 Å². The first-order valence-corrected chi connectivity index (χ1v) is 8.30. The minimum Gasteiger partial charge on any atom is -0.493 e. The lowest BCUT2D eigenvalue weighted by Gasteiger charge is -2.11. The number of rotatable bonds is 11. The molecule has 1 aromatic carbocycles. The number of hydrogen-bond donors (Lipinski definition) is 0. The van der Waals surface area contributed by atoms with Crippen molar-refractivity contribution in [3.63, 3.8) is 0 Å². The second-order valence-corrected chi connectivity index (χ2v) is 5.43. The highest BCUT2D eigenvalue weighted by atomic mass is 19.1. The molecule has 0 aromatic heterocycles. The van der Waals surface area contributed by atoms with Crippen LogP contribution in [0.2, 0.25) is 0 Å². The van der Waals surface area contributed by atoms with Crippen LogP contribution in [-0.2, 0) is 0 Å². The summed E-state index contributed by atoms with van der Waals surface area (Å²) in [6.45, 7) is 4.73.